The van der Waals surface area contributed by atoms with Crippen molar-refractivity contribution in [3.05, 3.63) is 6.08 Å². The number of carbonyl (C=O) groups is 1. The van der Waals surface area contributed by atoms with E-state index in [0.717, 1.165) is 0 Å². The number of amides is 1. The minimum Gasteiger partial charge on any atom is -0.368 e. The van der Waals surface area contributed by atoms with Gasteiger partial charge in [0.15, 0.2) is 11.5 Å². The Hall–Kier alpha value is -2.25. The van der Waals surface area contributed by atoms with E-state index in [1.807, 2.05) is 0 Å². The molecule has 1 amide bonds. The van der Waals surface area contributed by atoms with Gasteiger partial charge in [0.1, 0.15) is 5.52 Å². The zero-order valence-electron chi connectivity index (χ0n) is 7.71. The van der Waals surface area contributed by atoms with Crippen LogP contribution in [-0.4, -0.2) is 25.8 Å². The molecule has 0 bridgehead atoms. The second kappa shape index (κ2) is 3.15. The highest BCUT2D eigenvalue weighted by molar-refractivity contribution is 5.95. The first-order valence-electron chi connectivity index (χ1n) is 4.02. The number of hydrogen-bond donors (Lipinski definition) is 3. The maximum atomic E-state index is 12.8. The number of H-pyrrole nitrogens is 1. The number of halogens is 1. The smallest absolute Gasteiger partial charge is 0.289 e. The molecule has 0 aliphatic carbocycles. The van der Waals surface area contributed by atoms with E-state index in [1.54, 1.807) is 0 Å². The summed E-state index contributed by atoms with van der Waals surface area (Å²) in [6.45, 7) is 1.30. The largest absolute Gasteiger partial charge is 0.368 e. The highest BCUT2D eigenvalue weighted by atomic mass is 19.1. The highest BCUT2D eigenvalue weighted by Crippen LogP contribution is 2.18. The molecule has 2 aromatic heterocycles. The molecule has 78 valence electrons. The first-order valence-corrected chi connectivity index (χ1v) is 4.02. The maximum Gasteiger partial charge on any atom is 0.289 e. The standard InChI is InChI=1S/C7H7FN6O/c1-2(15)10-4-3-5(12-6(8)11-3)14-7(9)13-4/h1H3,(H4,9,10,11,12,13,14,15). The lowest BCUT2D eigenvalue weighted by atomic mass is 10.5. The fourth-order valence-corrected chi connectivity index (χ4v) is 1.14. The quantitative estimate of drug-likeness (QED) is 0.575. The Morgan fingerprint density at radius 2 is 2.20 bits per heavy atom. The number of anilines is 2. The molecule has 4 N–H and O–H groups in total. The van der Waals surface area contributed by atoms with E-state index in [-0.39, 0.29) is 28.8 Å². The Morgan fingerprint density at radius 3 is 2.87 bits per heavy atom. The lowest BCUT2D eigenvalue weighted by molar-refractivity contribution is -0.114. The predicted octanol–water partition coefficient (Wildman–Crippen LogP) is 0.0326. The average molecular weight is 210 g/mol. The van der Waals surface area contributed by atoms with Gasteiger partial charge in [-0.3, -0.25) is 4.79 Å². The minimum absolute atomic E-state index is 0.0729. The summed E-state index contributed by atoms with van der Waals surface area (Å²) < 4.78 is 12.8. The summed E-state index contributed by atoms with van der Waals surface area (Å²) in [5.41, 5.74) is 5.64. The summed E-state index contributed by atoms with van der Waals surface area (Å²) in [7, 11) is 0. The Morgan fingerprint density at radius 1 is 1.47 bits per heavy atom. The van der Waals surface area contributed by atoms with Crippen LogP contribution in [0, 0.1) is 6.08 Å². The third-order valence-electron chi connectivity index (χ3n) is 1.63. The van der Waals surface area contributed by atoms with Crippen LogP contribution in [0.3, 0.4) is 0 Å². The highest BCUT2D eigenvalue weighted by Gasteiger charge is 2.11. The number of nitrogens with zero attached hydrogens (tertiary/aromatic N) is 3. The summed E-state index contributed by atoms with van der Waals surface area (Å²) in [5.74, 6) is -0.316. The molecule has 0 spiro atoms. The number of nitrogens with two attached hydrogens (primary N) is 1. The molecule has 2 heterocycles. The number of nitrogens with one attached hydrogen (secondary N) is 2. The van der Waals surface area contributed by atoms with Gasteiger partial charge in [-0.1, -0.05) is 0 Å². The van der Waals surface area contributed by atoms with E-state index >= 15 is 0 Å². The normalized spacial score (nSPS) is 10.5. The van der Waals surface area contributed by atoms with Gasteiger partial charge in [0.2, 0.25) is 11.9 Å². The van der Waals surface area contributed by atoms with Gasteiger partial charge < -0.3 is 16.0 Å². The van der Waals surface area contributed by atoms with Crippen molar-refractivity contribution in [2.75, 3.05) is 11.1 Å². The van der Waals surface area contributed by atoms with Crippen molar-refractivity contribution in [3.63, 3.8) is 0 Å². The van der Waals surface area contributed by atoms with Crippen LogP contribution in [-0.2, 0) is 4.79 Å². The molecule has 2 aromatic rings. The number of fused-ring (bicyclic) bond motifs is 1. The molecule has 0 radical (unpaired) electrons. The van der Waals surface area contributed by atoms with Crippen molar-refractivity contribution in [2.45, 2.75) is 6.92 Å². The summed E-state index contributed by atoms with van der Waals surface area (Å²) in [4.78, 5) is 24.0. The Labute approximate surface area is 82.9 Å². The van der Waals surface area contributed by atoms with Gasteiger partial charge in [-0.2, -0.15) is 19.3 Å². The van der Waals surface area contributed by atoms with E-state index in [0.29, 0.717) is 0 Å². The van der Waals surface area contributed by atoms with Gasteiger partial charge in [0, 0.05) is 6.92 Å². The monoisotopic (exact) mass is 210 g/mol. The lowest BCUT2D eigenvalue weighted by Crippen LogP contribution is -2.09. The van der Waals surface area contributed by atoms with Crippen molar-refractivity contribution in [3.8, 4) is 0 Å². The zero-order valence-corrected chi connectivity index (χ0v) is 7.71. The fraction of sp³-hybridized carbons (Fsp3) is 0.143. The molecular weight excluding hydrogens is 203 g/mol. The lowest BCUT2D eigenvalue weighted by Gasteiger charge is -2.01. The summed E-state index contributed by atoms with van der Waals surface area (Å²) in [6.07, 6.45) is -0.809. The summed E-state index contributed by atoms with van der Waals surface area (Å²) >= 11 is 0. The van der Waals surface area contributed by atoms with Crippen molar-refractivity contribution >= 4 is 28.8 Å². The minimum atomic E-state index is -0.809. The number of rotatable bonds is 1. The van der Waals surface area contributed by atoms with Gasteiger partial charge in [-0.15, -0.1) is 0 Å². The van der Waals surface area contributed by atoms with Crippen LogP contribution < -0.4 is 11.1 Å². The van der Waals surface area contributed by atoms with Gasteiger partial charge in [0.05, 0.1) is 0 Å². The van der Waals surface area contributed by atoms with Gasteiger partial charge in [-0.25, -0.2) is 0 Å². The third-order valence-corrected chi connectivity index (χ3v) is 1.63. The molecule has 0 saturated carbocycles. The van der Waals surface area contributed by atoms with Crippen LogP contribution in [0.25, 0.3) is 11.2 Å². The van der Waals surface area contributed by atoms with Crippen LogP contribution >= 0.6 is 0 Å². The summed E-state index contributed by atoms with van der Waals surface area (Å²) in [6, 6.07) is 0. The van der Waals surface area contributed by atoms with Crippen molar-refractivity contribution < 1.29 is 9.18 Å². The molecule has 0 fully saturated rings. The van der Waals surface area contributed by atoms with Gasteiger partial charge in [0.25, 0.3) is 6.08 Å². The van der Waals surface area contributed by atoms with E-state index in [4.69, 9.17) is 5.73 Å². The molecule has 0 unspecified atom stereocenters. The predicted molar refractivity (Wildman–Crippen MR) is 50.4 cm³/mol. The van der Waals surface area contributed by atoms with E-state index in [1.165, 1.54) is 6.92 Å². The zero-order chi connectivity index (χ0) is 11.0. The third kappa shape index (κ3) is 1.68. The molecule has 15 heavy (non-hydrogen) atoms. The van der Waals surface area contributed by atoms with Crippen molar-refractivity contribution in [2.24, 2.45) is 0 Å². The Balaban J connectivity index is 2.64. The van der Waals surface area contributed by atoms with E-state index < -0.39 is 6.08 Å². The molecule has 0 aromatic carbocycles. The maximum absolute atomic E-state index is 12.8. The van der Waals surface area contributed by atoms with Crippen molar-refractivity contribution in [1.29, 1.82) is 0 Å². The first kappa shape index (κ1) is 9.31. The molecule has 7 nitrogen and oxygen atoms in total. The molecule has 0 saturated heterocycles. The van der Waals surface area contributed by atoms with Crippen LogP contribution in [0.5, 0.6) is 0 Å². The van der Waals surface area contributed by atoms with Crippen LogP contribution in [0.15, 0.2) is 0 Å². The average Bonchev–Trinajstić information content (AvgIpc) is 2.44. The number of nitrogen functional groups attached to an aromatic ring is 1. The van der Waals surface area contributed by atoms with E-state index in [2.05, 4.69) is 25.3 Å². The van der Waals surface area contributed by atoms with Gasteiger partial charge >= 0.3 is 0 Å². The summed E-state index contributed by atoms with van der Waals surface area (Å²) in [5, 5.41) is 2.39. The molecule has 0 atom stereocenters. The fourth-order valence-electron chi connectivity index (χ4n) is 1.14. The second-order valence-electron chi connectivity index (χ2n) is 2.84. The number of aromatic nitrogens is 4. The first-order chi connectivity index (χ1) is 7.06. The molecule has 8 heteroatoms. The molecular formula is C7H7FN6O. The van der Waals surface area contributed by atoms with Crippen LogP contribution in [0.2, 0.25) is 0 Å². The number of aromatic amines is 1. The Kier molecular flexibility index (Phi) is 1.96. The molecule has 0 aliphatic rings. The number of imidazole rings is 1. The van der Waals surface area contributed by atoms with E-state index in [9.17, 15) is 9.18 Å². The SMILES string of the molecule is CC(=O)Nc1nc(N)nc2nc(F)[nH]c12. The van der Waals surface area contributed by atoms with Crippen LogP contribution in [0.4, 0.5) is 16.2 Å². The Bertz CT molecular complexity index is 536. The van der Waals surface area contributed by atoms with Crippen LogP contribution in [0.1, 0.15) is 6.92 Å². The number of carbonyl (C=O) groups excluding carboxylic acids is 1. The molecule has 2 rings (SSSR count). The number of hydrogen-bond acceptors (Lipinski definition) is 5. The van der Waals surface area contributed by atoms with Gasteiger partial charge in [-0.05, 0) is 0 Å². The molecule has 0 aliphatic heterocycles. The second-order valence-corrected chi connectivity index (χ2v) is 2.84. The van der Waals surface area contributed by atoms with Crippen molar-refractivity contribution in [1.82, 2.24) is 19.9 Å². The topological polar surface area (TPSA) is 110 Å².